The molecule has 1 aromatic rings. The van der Waals surface area contributed by atoms with Gasteiger partial charge in [-0.15, -0.1) is 0 Å². The van der Waals surface area contributed by atoms with Gasteiger partial charge in [0.05, 0.1) is 10.8 Å². The molecule has 2 N–H and O–H groups in total. The molecule has 1 unspecified atom stereocenters. The van der Waals surface area contributed by atoms with Crippen molar-refractivity contribution < 1.29 is 27.8 Å². The Hall–Kier alpha value is -1.80. The van der Waals surface area contributed by atoms with Crippen molar-refractivity contribution >= 4 is 16.0 Å². The molecule has 0 saturated carbocycles. The number of hydrogen-bond acceptors (Lipinski definition) is 5. The van der Waals surface area contributed by atoms with E-state index in [0.29, 0.717) is 23.5 Å². The highest BCUT2D eigenvalue weighted by Gasteiger charge is 2.26. The predicted octanol–water partition coefficient (Wildman–Crippen LogP) is 1.75. The number of benzene rings is 1. The molecule has 128 valence electrons. The van der Waals surface area contributed by atoms with E-state index < -0.39 is 21.9 Å². The number of sulfonamides is 1. The minimum absolute atomic E-state index is 0.0567. The Morgan fingerprint density at radius 3 is 2.48 bits per heavy atom. The van der Waals surface area contributed by atoms with E-state index in [1.165, 1.54) is 6.07 Å². The third-order valence-electron chi connectivity index (χ3n) is 3.58. The van der Waals surface area contributed by atoms with Crippen LogP contribution in [0.15, 0.2) is 17.0 Å². The molecule has 0 amide bonds. The molecule has 0 fully saturated rings. The van der Waals surface area contributed by atoms with Crippen molar-refractivity contribution in [3.05, 3.63) is 17.7 Å². The molecule has 2 rings (SSSR count). The van der Waals surface area contributed by atoms with Crippen molar-refractivity contribution in [2.75, 3.05) is 13.3 Å². The Morgan fingerprint density at radius 2 is 1.91 bits per heavy atom. The van der Waals surface area contributed by atoms with Crippen LogP contribution in [0.5, 0.6) is 11.5 Å². The lowest BCUT2D eigenvalue weighted by molar-refractivity contribution is -0.142. The minimum Gasteiger partial charge on any atom is -0.481 e. The maximum absolute atomic E-state index is 12.5. The van der Waals surface area contributed by atoms with E-state index in [9.17, 15) is 18.3 Å². The third kappa shape index (κ3) is 4.14. The van der Waals surface area contributed by atoms with Gasteiger partial charge in [-0.05, 0) is 30.9 Å². The molecular formula is C15H21NO6S. The summed E-state index contributed by atoms with van der Waals surface area (Å²) in [6, 6.07) is 3.00. The minimum atomic E-state index is -3.83. The zero-order valence-electron chi connectivity index (χ0n) is 13.3. The Balaban J connectivity index is 2.17. The maximum atomic E-state index is 12.5. The molecule has 7 nitrogen and oxygen atoms in total. The molecule has 1 heterocycles. The first-order chi connectivity index (χ1) is 10.7. The van der Waals surface area contributed by atoms with Gasteiger partial charge in [0.15, 0.2) is 11.5 Å². The normalized spacial score (nSPS) is 15.0. The van der Waals surface area contributed by atoms with Crippen LogP contribution in [0.25, 0.3) is 0 Å². The molecule has 1 aliphatic rings. The molecule has 0 saturated heterocycles. The molecule has 0 aliphatic carbocycles. The smallest absolute Gasteiger partial charge is 0.307 e. The van der Waals surface area contributed by atoms with Crippen molar-refractivity contribution in [2.45, 2.75) is 32.1 Å². The number of fused-ring (bicyclic) bond motifs is 1. The van der Waals surface area contributed by atoms with Crippen molar-refractivity contribution in [3.63, 3.8) is 0 Å². The second-order valence-electron chi connectivity index (χ2n) is 5.99. The summed E-state index contributed by atoms with van der Waals surface area (Å²) in [5.41, 5.74) is 0.512. The first-order valence-corrected chi connectivity index (χ1v) is 8.81. The number of nitrogens with one attached hydrogen (secondary N) is 1. The molecule has 0 radical (unpaired) electrons. The fraction of sp³-hybridized carbons (Fsp3) is 0.533. The van der Waals surface area contributed by atoms with Crippen LogP contribution in [0.4, 0.5) is 0 Å². The van der Waals surface area contributed by atoms with Crippen LogP contribution >= 0.6 is 0 Å². The van der Waals surface area contributed by atoms with Gasteiger partial charge >= 0.3 is 5.97 Å². The monoisotopic (exact) mass is 343 g/mol. The molecule has 23 heavy (non-hydrogen) atoms. The van der Waals surface area contributed by atoms with E-state index in [0.717, 1.165) is 0 Å². The van der Waals surface area contributed by atoms with Crippen molar-refractivity contribution in [1.29, 1.82) is 0 Å². The maximum Gasteiger partial charge on any atom is 0.307 e. The second-order valence-corrected chi connectivity index (χ2v) is 7.72. The fourth-order valence-corrected chi connectivity index (χ4v) is 3.76. The Labute approximate surface area is 135 Å². The standard InChI is InChI=1S/C15H21NO6S/c1-9(2)4-11(15(17)18)7-16-23(19,20)14-6-13-12(5-10(14)3)21-8-22-13/h5-6,9,11,16H,4,7-8H2,1-3H3,(H,17,18). The largest absolute Gasteiger partial charge is 0.481 e. The number of aryl methyl sites for hydroxylation is 1. The number of carbonyl (C=O) groups is 1. The van der Waals surface area contributed by atoms with Crippen molar-refractivity contribution in [1.82, 2.24) is 4.72 Å². The number of hydrogen-bond donors (Lipinski definition) is 2. The summed E-state index contributed by atoms with van der Waals surface area (Å²) >= 11 is 0. The zero-order chi connectivity index (χ0) is 17.2. The molecule has 0 spiro atoms. The van der Waals surface area contributed by atoms with Gasteiger partial charge < -0.3 is 14.6 Å². The molecule has 1 atom stereocenters. The van der Waals surface area contributed by atoms with Crippen LogP contribution in [-0.2, 0) is 14.8 Å². The summed E-state index contributed by atoms with van der Waals surface area (Å²) in [6.07, 6.45) is 0.401. The highest BCUT2D eigenvalue weighted by Crippen LogP contribution is 2.36. The second kappa shape index (κ2) is 6.76. The van der Waals surface area contributed by atoms with Gasteiger partial charge in [-0.1, -0.05) is 13.8 Å². The lowest BCUT2D eigenvalue weighted by atomic mass is 9.98. The molecule has 8 heteroatoms. The third-order valence-corrected chi connectivity index (χ3v) is 5.15. The highest BCUT2D eigenvalue weighted by molar-refractivity contribution is 7.89. The summed E-state index contributed by atoms with van der Waals surface area (Å²) in [5, 5.41) is 9.20. The zero-order valence-corrected chi connectivity index (χ0v) is 14.1. The Morgan fingerprint density at radius 1 is 1.30 bits per heavy atom. The summed E-state index contributed by atoms with van der Waals surface area (Å²) < 4.78 is 37.7. The van der Waals surface area contributed by atoms with Crippen LogP contribution in [0, 0.1) is 18.8 Å². The van der Waals surface area contributed by atoms with E-state index >= 15 is 0 Å². The first-order valence-electron chi connectivity index (χ1n) is 7.33. The number of rotatable bonds is 7. The number of carboxylic acids is 1. The van der Waals surface area contributed by atoms with Gasteiger partial charge in [-0.2, -0.15) is 0 Å². The summed E-state index contributed by atoms with van der Waals surface area (Å²) in [5.74, 6) is -0.742. The van der Waals surface area contributed by atoms with E-state index in [-0.39, 0.29) is 24.2 Å². The van der Waals surface area contributed by atoms with Gasteiger partial charge in [0.1, 0.15) is 0 Å². The molecule has 1 aliphatic heterocycles. The van der Waals surface area contributed by atoms with Crippen LogP contribution in [0.1, 0.15) is 25.8 Å². The van der Waals surface area contributed by atoms with Crippen LogP contribution in [0.3, 0.4) is 0 Å². The molecule has 1 aromatic carbocycles. The van der Waals surface area contributed by atoms with E-state index in [1.54, 1.807) is 13.0 Å². The lowest BCUT2D eigenvalue weighted by Gasteiger charge is -2.16. The lowest BCUT2D eigenvalue weighted by Crippen LogP contribution is -2.34. The van der Waals surface area contributed by atoms with Gasteiger partial charge in [-0.3, -0.25) is 4.79 Å². The first kappa shape index (κ1) is 17.6. The summed E-state index contributed by atoms with van der Waals surface area (Å²) in [7, 11) is -3.83. The van der Waals surface area contributed by atoms with Gasteiger partial charge in [0.2, 0.25) is 16.8 Å². The number of aliphatic carboxylic acids is 1. The van der Waals surface area contributed by atoms with E-state index in [1.807, 2.05) is 13.8 Å². The van der Waals surface area contributed by atoms with Crippen LogP contribution in [-0.4, -0.2) is 32.8 Å². The van der Waals surface area contributed by atoms with Gasteiger partial charge in [-0.25, -0.2) is 13.1 Å². The summed E-state index contributed by atoms with van der Waals surface area (Å²) in [6.45, 7) is 5.35. The SMILES string of the molecule is Cc1cc2c(cc1S(=O)(=O)NCC(CC(C)C)C(=O)O)OCO2. The van der Waals surface area contributed by atoms with E-state index in [4.69, 9.17) is 9.47 Å². The number of carboxylic acid groups (broad SMARTS) is 1. The van der Waals surface area contributed by atoms with Crippen molar-refractivity contribution in [2.24, 2.45) is 11.8 Å². The van der Waals surface area contributed by atoms with Gasteiger partial charge in [0.25, 0.3) is 0 Å². The molecule has 0 bridgehead atoms. The Kier molecular flexibility index (Phi) is 5.16. The summed E-state index contributed by atoms with van der Waals surface area (Å²) in [4.78, 5) is 11.3. The average molecular weight is 343 g/mol. The predicted molar refractivity (Wildman–Crippen MR) is 83.1 cm³/mol. The number of ether oxygens (including phenoxy) is 2. The van der Waals surface area contributed by atoms with Crippen molar-refractivity contribution in [3.8, 4) is 11.5 Å². The Bertz CT molecular complexity index is 698. The quantitative estimate of drug-likeness (QED) is 0.782. The topological polar surface area (TPSA) is 102 Å². The fourth-order valence-electron chi connectivity index (χ4n) is 2.44. The molecule has 0 aromatic heterocycles. The van der Waals surface area contributed by atoms with E-state index in [2.05, 4.69) is 4.72 Å². The van der Waals surface area contributed by atoms with Crippen LogP contribution < -0.4 is 14.2 Å². The molecular weight excluding hydrogens is 322 g/mol. The highest BCUT2D eigenvalue weighted by atomic mass is 32.2. The average Bonchev–Trinajstić information content (AvgIpc) is 2.88. The van der Waals surface area contributed by atoms with Gasteiger partial charge in [0, 0.05) is 12.6 Å². The van der Waals surface area contributed by atoms with Crippen LogP contribution in [0.2, 0.25) is 0 Å².